The highest BCUT2D eigenvalue weighted by Crippen LogP contribution is 2.30. The van der Waals surface area contributed by atoms with Crippen LogP contribution in [0.15, 0.2) is 40.9 Å². The fourth-order valence-corrected chi connectivity index (χ4v) is 4.55. The Balaban J connectivity index is 1.52. The molecule has 7 nitrogen and oxygen atoms in total. The van der Waals surface area contributed by atoms with E-state index in [-0.39, 0.29) is 0 Å². The first-order chi connectivity index (χ1) is 16.4. The predicted octanol–water partition coefficient (Wildman–Crippen LogP) is 5.25. The standard InChI is InChI=1S/C27H30N4O3/c1-30(2)18-24-22(9-7-19-3-5-21(17-28)6-4-19)10-11-23-25(29-34-26(23)24)12-8-20-13-15-31(16-14-20)27(32)33/h3-7,9-11,20H,8,12-16,18H2,1-2H3,(H,32,33). The van der Waals surface area contributed by atoms with Crippen LogP contribution in [0.1, 0.15) is 47.2 Å². The van der Waals surface area contributed by atoms with Crippen LogP contribution in [0.25, 0.3) is 23.1 Å². The Labute approximate surface area is 199 Å². The molecular weight excluding hydrogens is 428 g/mol. The van der Waals surface area contributed by atoms with Gasteiger partial charge in [0.25, 0.3) is 0 Å². The van der Waals surface area contributed by atoms with Gasteiger partial charge in [0.2, 0.25) is 0 Å². The van der Waals surface area contributed by atoms with Crippen molar-refractivity contribution in [3.05, 3.63) is 64.3 Å². The van der Waals surface area contributed by atoms with E-state index in [0.29, 0.717) is 24.6 Å². The maximum absolute atomic E-state index is 11.1. The Bertz CT molecular complexity index is 1210. The van der Waals surface area contributed by atoms with Gasteiger partial charge in [-0.25, -0.2) is 4.79 Å². The summed E-state index contributed by atoms with van der Waals surface area (Å²) in [6, 6.07) is 13.9. The van der Waals surface area contributed by atoms with E-state index < -0.39 is 6.09 Å². The van der Waals surface area contributed by atoms with Gasteiger partial charge in [0.1, 0.15) is 0 Å². The van der Waals surface area contributed by atoms with Crippen molar-refractivity contribution in [1.82, 2.24) is 15.0 Å². The van der Waals surface area contributed by atoms with Crippen molar-refractivity contribution < 1.29 is 14.4 Å². The minimum absolute atomic E-state index is 0.512. The van der Waals surface area contributed by atoms with Gasteiger partial charge in [0.05, 0.1) is 17.3 Å². The second kappa shape index (κ2) is 10.5. The molecule has 2 aromatic carbocycles. The molecular formula is C27H30N4O3. The van der Waals surface area contributed by atoms with Crippen LogP contribution >= 0.6 is 0 Å². The SMILES string of the molecule is CN(C)Cc1c(C=Cc2ccc(C#N)cc2)ccc2c(CCC3CCN(C(=O)O)CC3)noc12. The van der Waals surface area contributed by atoms with Crippen molar-refractivity contribution in [2.24, 2.45) is 5.92 Å². The summed E-state index contributed by atoms with van der Waals surface area (Å²) < 4.78 is 5.86. The zero-order valence-corrected chi connectivity index (χ0v) is 19.7. The molecule has 1 amide bonds. The number of hydrogen-bond donors (Lipinski definition) is 1. The number of nitriles is 1. The van der Waals surface area contributed by atoms with Crippen LogP contribution in [-0.2, 0) is 13.0 Å². The molecule has 2 heterocycles. The number of benzene rings is 2. The lowest BCUT2D eigenvalue weighted by Crippen LogP contribution is -2.37. The molecule has 0 aliphatic carbocycles. The normalized spacial score (nSPS) is 14.8. The first-order valence-electron chi connectivity index (χ1n) is 11.7. The Morgan fingerprint density at radius 3 is 2.59 bits per heavy atom. The second-order valence-electron chi connectivity index (χ2n) is 9.20. The summed E-state index contributed by atoms with van der Waals surface area (Å²) in [6.45, 7) is 1.95. The van der Waals surface area contributed by atoms with Crippen LogP contribution in [0.3, 0.4) is 0 Å². The quantitative estimate of drug-likeness (QED) is 0.486. The van der Waals surface area contributed by atoms with Gasteiger partial charge in [-0.15, -0.1) is 0 Å². The van der Waals surface area contributed by atoms with Gasteiger partial charge in [0, 0.05) is 30.6 Å². The third-order valence-electron chi connectivity index (χ3n) is 6.50. The number of hydrogen-bond acceptors (Lipinski definition) is 5. The summed E-state index contributed by atoms with van der Waals surface area (Å²) in [7, 11) is 4.07. The van der Waals surface area contributed by atoms with E-state index >= 15 is 0 Å². The minimum Gasteiger partial charge on any atom is -0.465 e. The molecule has 1 aromatic heterocycles. The van der Waals surface area contributed by atoms with E-state index in [9.17, 15) is 4.79 Å². The van der Waals surface area contributed by atoms with Crippen LogP contribution in [-0.4, -0.2) is 53.3 Å². The summed E-state index contributed by atoms with van der Waals surface area (Å²) in [5.41, 5.74) is 5.65. The largest absolute Gasteiger partial charge is 0.465 e. The minimum atomic E-state index is -0.821. The molecule has 1 N–H and O–H groups in total. The van der Waals surface area contributed by atoms with E-state index in [1.165, 1.54) is 4.90 Å². The number of piperidine rings is 1. The Morgan fingerprint density at radius 1 is 1.21 bits per heavy atom. The monoisotopic (exact) mass is 458 g/mol. The first-order valence-corrected chi connectivity index (χ1v) is 11.7. The molecule has 0 saturated carbocycles. The number of aromatic nitrogens is 1. The number of carbonyl (C=O) groups is 1. The number of nitrogens with zero attached hydrogens (tertiary/aromatic N) is 4. The maximum Gasteiger partial charge on any atom is 0.407 e. The number of aryl methyl sites for hydroxylation is 1. The fourth-order valence-electron chi connectivity index (χ4n) is 4.55. The van der Waals surface area contributed by atoms with Crippen LogP contribution in [0.4, 0.5) is 4.79 Å². The molecule has 3 aromatic rings. The fraction of sp³-hybridized carbons (Fsp3) is 0.370. The van der Waals surface area contributed by atoms with Crippen molar-refractivity contribution in [3.8, 4) is 6.07 Å². The van der Waals surface area contributed by atoms with Gasteiger partial charge in [0.15, 0.2) is 5.58 Å². The van der Waals surface area contributed by atoms with Gasteiger partial charge in [-0.05, 0) is 75.0 Å². The summed E-state index contributed by atoms with van der Waals surface area (Å²) in [4.78, 5) is 14.7. The summed E-state index contributed by atoms with van der Waals surface area (Å²) >= 11 is 0. The highest BCUT2D eigenvalue weighted by Gasteiger charge is 2.23. The maximum atomic E-state index is 11.1. The summed E-state index contributed by atoms with van der Waals surface area (Å²) in [5, 5.41) is 23.6. The van der Waals surface area contributed by atoms with Crippen molar-refractivity contribution >= 4 is 29.2 Å². The topological polar surface area (TPSA) is 93.6 Å². The molecule has 1 fully saturated rings. The van der Waals surface area contributed by atoms with Crippen LogP contribution in [0, 0.1) is 17.2 Å². The summed E-state index contributed by atoms with van der Waals surface area (Å²) in [5.74, 6) is 0.512. The molecule has 0 spiro atoms. The molecule has 0 radical (unpaired) electrons. The molecule has 0 atom stereocenters. The predicted molar refractivity (Wildman–Crippen MR) is 132 cm³/mol. The molecule has 1 aliphatic heterocycles. The molecule has 34 heavy (non-hydrogen) atoms. The second-order valence-corrected chi connectivity index (χ2v) is 9.20. The lowest BCUT2D eigenvalue weighted by atomic mass is 9.91. The average Bonchev–Trinajstić information content (AvgIpc) is 3.26. The van der Waals surface area contributed by atoms with Crippen molar-refractivity contribution in [2.75, 3.05) is 27.2 Å². The van der Waals surface area contributed by atoms with Crippen molar-refractivity contribution in [3.63, 3.8) is 0 Å². The average molecular weight is 459 g/mol. The molecule has 1 saturated heterocycles. The number of fused-ring (bicyclic) bond motifs is 1. The van der Waals surface area contributed by atoms with Crippen LogP contribution in [0.5, 0.6) is 0 Å². The molecule has 1 aliphatic rings. The van der Waals surface area contributed by atoms with E-state index in [2.05, 4.69) is 34.3 Å². The lowest BCUT2D eigenvalue weighted by molar-refractivity contribution is 0.123. The van der Waals surface area contributed by atoms with Crippen molar-refractivity contribution in [2.45, 2.75) is 32.2 Å². The van der Waals surface area contributed by atoms with Gasteiger partial charge < -0.3 is 19.4 Å². The van der Waals surface area contributed by atoms with Crippen molar-refractivity contribution in [1.29, 1.82) is 5.26 Å². The Hall–Kier alpha value is -3.63. The van der Waals surface area contributed by atoms with E-state index in [0.717, 1.165) is 65.6 Å². The zero-order chi connectivity index (χ0) is 24.1. The smallest absolute Gasteiger partial charge is 0.407 e. The first kappa shape index (κ1) is 23.5. The van der Waals surface area contributed by atoms with Gasteiger partial charge >= 0.3 is 6.09 Å². The Kier molecular flexibility index (Phi) is 7.29. The number of rotatable bonds is 7. The zero-order valence-electron chi connectivity index (χ0n) is 19.7. The van der Waals surface area contributed by atoms with Crippen LogP contribution < -0.4 is 0 Å². The molecule has 4 rings (SSSR count). The van der Waals surface area contributed by atoms with E-state index in [1.54, 1.807) is 0 Å². The third-order valence-corrected chi connectivity index (χ3v) is 6.50. The molecule has 176 valence electrons. The Morgan fingerprint density at radius 2 is 1.94 bits per heavy atom. The molecule has 0 bridgehead atoms. The number of likely N-dealkylation sites (tertiary alicyclic amines) is 1. The number of carboxylic acid groups (broad SMARTS) is 1. The van der Waals surface area contributed by atoms with E-state index in [4.69, 9.17) is 14.9 Å². The molecule has 0 unspecified atom stereocenters. The molecule has 7 heteroatoms. The summed E-state index contributed by atoms with van der Waals surface area (Å²) in [6.07, 6.45) is 6.92. The third kappa shape index (κ3) is 5.46. The highest BCUT2D eigenvalue weighted by atomic mass is 16.5. The van der Waals surface area contributed by atoms with Gasteiger partial charge in [-0.3, -0.25) is 0 Å². The van der Waals surface area contributed by atoms with E-state index in [1.807, 2.05) is 44.4 Å². The lowest BCUT2D eigenvalue weighted by Gasteiger charge is -2.29. The van der Waals surface area contributed by atoms with Gasteiger partial charge in [-0.1, -0.05) is 35.5 Å². The van der Waals surface area contributed by atoms with Gasteiger partial charge in [-0.2, -0.15) is 5.26 Å². The van der Waals surface area contributed by atoms with Crippen LogP contribution in [0.2, 0.25) is 0 Å². The highest BCUT2D eigenvalue weighted by molar-refractivity contribution is 5.87. The number of amides is 1.